The van der Waals surface area contributed by atoms with Crippen molar-refractivity contribution in [3.8, 4) is 11.3 Å². The van der Waals surface area contributed by atoms with E-state index in [1.807, 2.05) is 29.6 Å². The molecule has 1 aliphatic rings. The van der Waals surface area contributed by atoms with Gasteiger partial charge in [0.2, 0.25) is 5.91 Å². The molecule has 0 spiro atoms. The zero-order valence-electron chi connectivity index (χ0n) is 12.8. The third-order valence-electron chi connectivity index (χ3n) is 4.06. The average Bonchev–Trinajstić information content (AvgIpc) is 3.09. The van der Waals surface area contributed by atoms with Gasteiger partial charge in [0.15, 0.2) is 0 Å². The summed E-state index contributed by atoms with van der Waals surface area (Å²) in [5.41, 5.74) is 2.72. The van der Waals surface area contributed by atoms with Crippen LogP contribution >= 0.6 is 23.9 Å². The molecule has 124 valence electrons. The number of anilines is 1. The summed E-state index contributed by atoms with van der Waals surface area (Å²) in [5.74, 6) is 0.785. The number of piperidine rings is 1. The number of benzene rings is 1. The van der Waals surface area contributed by atoms with Gasteiger partial charge in [-0.15, -0.1) is 17.5 Å². The molecule has 3 rings (SSSR count). The molecule has 2 N–H and O–H groups in total. The third-order valence-corrected chi connectivity index (χ3v) is 4.57. The Kier molecular flexibility index (Phi) is 6.95. The van der Waals surface area contributed by atoms with Gasteiger partial charge in [0.1, 0.15) is 5.69 Å². The van der Waals surface area contributed by atoms with E-state index in [4.69, 9.17) is 0 Å². The molecule has 7 heteroatoms. The number of hydrogen-bond acceptors (Lipinski definition) is 5. The molecule has 5 nitrogen and oxygen atoms in total. The molecule has 1 fully saturated rings. The monoisotopic (exact) mass is 352 g/mol. The molecule has 0 aliphatic carbocycles. The summed E-state index contributed by atoms with van der Waals surface area (Å²) < 4.78 is 3.86. The molecule has 1 aromatic carbocycles. The number of nitrogens with one attached hydrogen (secondary N) is 2. The summed E-state index contributed by atoms with van der Waals surface area (Å²) in [4.78, 5) is 12.0. The minimum Gasteiger partial charge on any atom is -0.326 e. The van der Waals surface area contributed by atoms with Crippen LogP contribution in [0, 0.1) is 5.92 Å². The van der Waals surface area contributed by atoms with Gasteiger partial charge in [-0.25, -0.2) is 0 Å². The van der Waals surface area contributed by atoms with Gasteiger partial charge in [0, 0.05) is 23.1 Å². The molecule has 1 amide bonds. The van der Waals surface area contributed by atoms with Crippen molar-refractivity contribution in [3.63, 3.8) is 0 Å². The molecule has 0 radical (unpaired) electrons. The summed E-state index contributed by atoms with van der Waals surface area (Å²) in [6.07, 6.45) is 3.95. The lowest BCUT2D eigenvalue weighted by Crippen LogP contribution is -2.28. The molecule has 1 saturated heterocycles. The maximum Gasteiger partial charge on any atom is 0.224 e. The highest BCUT2D eigenvalue weighted by molar-refractivity contribution is 7.03. The van der Waals surface area contributed by atoms with Crippen LogP contribution in [0.15, 0.2) is 29.6 Å². The fourth-order valence-electron chi connectivity index (χ4n) is 2.74. The van der Waals surface area contributed by atoms with E-state index in [9.17, 15) is 4.79 Å². The molecular formula is C16H21ClN4OS. The molecule has 1 aliphatic heterocycles. The van der Waals surface area contributed by atoms with E-state index in [0.29, 0.717) is 12.3 Å². The van der Waals surface area contributed by atoms with Crippen LogP contribution in [0.4, 0.5) is 5.69 Å². The predicted molar refractivity (Wildman–Crippen MR) is 96.1 cm³/mol. The Hall–Kier alpha value is -1.50. The van der Waals surface area contributed by atoms with E-state index in [1.54, 1.807) is 0 Å². The van der Waals surface area contributed by atoms with Crippen molar-refractivity contribution in [3.05, 3.63) is 29.6 Å². The topological polar surface area (TPSA) is 66.9 Å². The van der Waals surface area contributed by atoms with Crippen LogP contribution in [0.1, 0.15) is 25.7 Å². The number of amides is 1. The quantitative estimate of drug-likeness (QED) is 0.866. The second-order valence-electron chi connectivity index (χ2n) is 5.65. The van der Waals surface area contributed by atoms with Crippen LogP contribution in [0.5, 0.6) is 0 Å². The van der Waals surface area contributed by atoms with E-state index < -0.39 is 0 Å². The summed E-state index contributed by atoms with van der Waals surface area (Å²) in [7, 11) is 0. The lowest BCUT2D eigenvalue weighted by Gasteiger charge is -2.22. The van der Waals surface area contributed by atoms with Crippen molar-refractivity contribution < 1.29 is 4.79 Å². The summed E-state index contributed by atoms with van der Waals surface area (Å²) in [6.45, 7) is 2.17. The number of carbonyl (C=O) groups excluding carboxylic acids is 1. The molecular weight excluding hydrogens is 332 g/mol. The molecule has 0 atom stereocenters. The Balaban J connectivity index is 0.00000192. The van der Waals surface area contributed by atoms with Gasteiger partial charge >= 0.3 is 0 Å². The average molecular weight is 353 g/mol. The lowest BCUT2D eigenvalue weighted by atomic mass is 9.93. The summed E-state index contributed by atoms with van der Waals surface area (Å²) in [6, 6.07) is 7.74. The Bertz CT molecular complexity index is 597. The van der Waals surface area contributed by atoms with Gasteiger partial charge in [0.25, 0.3) is 0 Å². The van der Waals surface area contributed by atoms with E-state index in [2.05, 4.69) is 20.2 Å². The fraction of sp³-hybridized carbons (Fsp3) is 0.438. The second kappa shape index (κ2) is 8.96. The highest BCUT2D eigenvalue weighted by atomic mass is 35.5. The lowest BCUT2D eigenvalue weighted by molar-refractivity contribution is -0.116. The van der Waals surface area contributed by atoms with Crippen LogP contribution in [-0.2, 0) is 4.79 Å². The Morgan fingerprint density at radius 3 is 2.65 bits per heavy atom. The standard InChI is InChI=1S/C16H20N4OS.ClH/c21-16(6-1-12-7-9-17-10-8-12)18-14-4-2-13(3-5-14)15-11-22-20-19-15;/h2-5,11-12,17H,1,6-10H2,(H,18,21);1H. The van der Waals surface area contributed by atoms with E-state index in [0.717, 1.165) is 36.5 Å². The smallest absolute Gasteiger partial charge is 0.224 e. The molecule has 0 unspecified atom stereocenters. The van der Waals surface area contributed by atoms with Crippen molar-refractivity contribution in [2.75, 3.05) is 18.4 Å². The first-order valence-corrected chi connectivity index (χ1v) is 8.53. The number of halogens is 1. The predicted octanol–water partition coefficient (Wildman–Crippen LogP) is 3.35. The Morgan fingerprint density at radius 1 is 1.26 bits per heavy atom. The van der Waals surface area contributed by atoms with Crippen molar-refractivity contribution in [2.24, 2.45) is 5.92 Å². The van der Waals surface area contributed by atoms with E-state index in [-0.39, 0.29) is 18.3 Å². The number of nitrogens with zero attached hydrogens (tertiary/aromatic N) is 2. The normalized spacial score (nSPS) is 15.0. The van der Waals surface area contributed by atoms with E-state index >= 15 is 0 Å². The first-order chi connectivity index (χ1) is 10.8. The fourth-order valence-corrected chi connectivity index (χ4v) is 3.21. The number of rotatable bonds is 5. The zero-order valence-corrected chi connectivity index (χ0v) is 14.5. The van der Waals surface area contributed by atoms with Gasteiger partial charge in [-0.3, -0.25) is 4.79 Å². The first-order valence-electron chi connectivity index (χ1n) is 7.69. The van der Waals surface area contributed by atoms with Gasteiger partial charge in [-0.05, 0) is 61.9 Å². The Labute approximate surface area is 146 Å². The van der Waals surface area contributed by atoms with Gasteiger partial charge < -0.3 is 10.6 Å². The second-order valence-corrected chi connectivity index (χ2v) is 6.26. The van der Waals surface area contributed by atoms with Gasteiger partial charge in [0.05, 0.1) is 0 Å². The van der Waals surface area contributed by atoms with Crippen LogP contribution in [0.3, 0.4) is 0 Å². The number of hydrogen-bond donors (Lipinski definition) is 2. The highest BCUT2D eigenvalue weighted by Gasteiger charge is 2.14. The summed E-state index contributed by atoms with van der Waals surface area (Å²) in [5, 5.41) is 12.3. The molecule has 2 aromatic rings. The van der Waals surface area contributed by atoms with Crippen molar-refractivity contribution in [2.45, 2.75) is 25.7 Å². The molecule has 1 aromatic heterocycles. The van der Waals surface area contributed by atoms with Crippen molar-refractivity contribution in [1.29, 1.82) is 0 Å². The largest absolute Gasteiger partial charge is 0.326 e. The maximum atomic E-state index is 12.0. The maximum absolute atomic E-state index is 12.0. The van der Waals surface area contributed by atoms with Crippen LogP contribution in [-0.4, -0.2) is 28.6 Å². The first kappa shape index (κ1) is 17.8. The zero-order chi connectivity index (χ0) is 15.2. The summed E-state index contributed by atoms with van der Waals surface area (Å²) >= 11 is 1.33. The minimum atomic E-state index is 0. The van der Waals surface area contributed by atoms with E-state index in [1.165, 1.54) is 24.4 Å². The third kappa shape index (κ3) is 5.27. The number of carbonyl (C=O) groups is 1. The van der Waals surface area contributed by atoms with Crippen LogP contribution < -0.4 is 10.6 Å². The van der Waals surface area contributed by atoms with Crippen LogP contribution in [0.25, 0.3) is 11.3 Å². The minimum absolute atomic E-state index is 0. The molecule has 0 saturated carbocycles. The van der Waals surface area contributed by atoms with Gasteiger partial charge in [-0.2, -0.15) is 0 Å². The SMILES string of the molecule is Cl.O=C(CCC1CCNCC1)Nc1ccc(-c2csnn2)cc1. The highest BCUT2D eigenvalue weighted by Crippen LogP contribution is 2.21. The molecule has 23 heavy (non-hydrogen) atoms. The molecule has 2 heterocycles. The van der Waals surface area contributed by atoms with Crippen molar-refractivity contribution >= 4 is 35.5 Å². The Morgan fingerprint density at radius 2 is 2.00 bits per heavy atom. The number of aromatic nitrogens is 2. The van der Waals surface area contributed by atoms with Crippen molar-refractivity contribution in [1.82, 2.24) is 14.9 Å². The van der Waals surface area contributed by atoms with Gasteiger partial charge in [-0.1, -0.05) is 16.6 Å². The van der Waals surface area contributed by atoms with Crippen LogP contribution in [0.2, 0.25) is 0 Å². The molecule has 0 bridgehead atoms.